The van der Waals surface area contributed by atoms with Crippen LogP contribution in [0.1, 0.15) is 87.5 Å². The Balaban J connectivity index is 0.960. The van der Waals surface area contributed by atoms with Crippen molar-refractivity contribution in [1.29, 1.82) is 0 Å². The molecule has 0 atom stereocenters. The van der Waals surface area contributed by atoms with E-state index in [1.165, 1.54) is 12.2 Å². The molecule has 0 unspecified atom stereocenters. The predicted octanol–water partition coefficient (Wildman–Crippen LogP) is 12.0. The Morgan fingerprint density at radius 2 is 0.688 bits per heavy atom. The van der Waals surface area contributed by atoms with Crippen molar-refractivity contribution in [3.8, 4) is 34.5 Å². The summed E-state index contributed by atoms with van der Waals surface area (Å²) in [6.07, 6.45) is 12.2. The normalized spacial score (nSPS) is 11.2. The second-order valence-corrected chi connectivity index (χ2v) is 18.3. The number of carbonyl (C=O) groups excluding carboxylic acids is 4. The fourth-order valence-corrected chi connectivity index (χ4v) is 7.65. The van der Waals surface area contributed by atoms with Crippen molar-refractivity contribution in [2.45, 2.75) is 78.1 Å². The first-order valence-electron chi connectivity index (χ1n) is 26.2. The topological polar surface area (TPSA) is 194 Å². The van der Waals surface area contributed by atoms with Gasteiger partial charge in [0.1, 0.15) is 34.5 Å². The maximum absolute atomic E-state index is 14.4. The molecule has 0 saturated carbocycles. The molecule has 0 fully saturated rings. The van der Waals surface area contributed by atoms with Gasteiger partial charge < -0.3 is 49.4 Å². The predicted molar refractivity (Wildman–Crippen MR) is 299 cm³/mol. The van der Waals surface area contributed by atoms with Gasteiger partial charge in [-0.15, -0.1) is 0 Å². The molecule has 0 amide bonds. The highest BCUT2D eigenvalue weighted by atomic mass is 16.6. The van der Waals surface area contributed by atoms with Crippen LogP contribution in [0.25, 0.3) is 12.2 Å². The third kappa shape index (κ3) is 20.3. The molecule has 0 bridgehead atoms. The molecule has 404 valence electrons. The van der Waals surface area contributed by atoms with E-state index in [4.69, 9.17) is 49.4 Å². The van der Waals surface area contributed by atoms with E-state index in [1.54, 1.807) is 133 Å². The lowest BCUT2D eigenvalue weighted by Gasteiger charge is -2.30. The van der Waals surface area contributed by atoms with Gasteiger partial charge in [-0.1, -0.05) is 75.2 Å². The molecular weight excluding hydrogens is 977 g/mol. The van der Waals surface area contributed by atoms with Gasteiger partial charge in [0.2, 0.25) is 0 Å². The van der Waals surface area contributed by atoms with Gasteiger partial charge in [-0.05, 0) is 183 Å². The molecule has 0 saturated heterocycles. The van der Waals surface area contributed by atoms with E-state index < -0.39 is 29.3 Å². The first-order valence-corrected chi connectivity index (χ1v) is 26.2. The van der Waals surface area contributed by atoms with Crippen LogP contribution in [0.15, 0.2) is 158 Å². The smallest absolute Gasteiger partial charge is 0.336 e. The van der Waals surface area contributed by atoms with Crippen molar-refractivity contribution >= 4 is 47.4 Å². The lowest BCUT2D eigenvalue weighted by atomic mass is 9.76. The summed E-state index contributed by atoms with van der Waals surface area (Å²) in [7, 11) is 0. The van der Waals surface area contributed by atoms with Crippen molar-refractivity contribution in [3.05, 3.63) is 180 Å². The molecule has 6 aromatic carbocycles. The maximum atomic E-state index is 14.4. The molecule has 0 aliphatic heterocycles. The average Bonchev–Trinajstić information content (AvgIpc) is 3.45. The highest BCUT2D eigenvalue weighted by Crippen LogP contribution is 2.33. The van der Waals surface area contributed by atoms with E-state index in [-0.39, 0.29) is 26.1 Å². The number of anilines is 2. The Kier molecular flexibility index (Phi) is 23.5. The van der Waals surface area contributed by atoms with E-state index in [9.17, 15) is 19.2 Å². The van der Waals surface area contributed by atoms with Gasteiger partial charge in [-0.25, -0.2) is 9.59 Å². The number of hydrogen-bond acceptors (Lipinski definition) is 14. The lowest BCUT2D eigenvalue weighted by molar-refractivity contribution is -0.173. The van der Waals surface area contributed by atoms with Crippen LogP contribution in [0.3, 0.4) is 0 Å². The second-order valence-electron chi connectivity index (χ2n) is 18.3. The van der Waals surface area contributed by atoms with Crippen LogP contribution >= 0.6 is 0 Å². The summed E-state index contributed by atoms with van der Waals surface area (Å²) in [4.78, 5) is 53.7. The number of nitrogen functional groups attached to an aromatic ring is 2. The van der Waals surface area contributed by atoms with E-state index in [2.05, 4.69) is 13.8 Å². The molecule has 14 nitrogen and oxygen atoms in total. The standard InChI is InChI=1S/C63H70N2O12/c1-3-5-39-70-55-29-33-57(34-30-55)76-59(66)37-19-47-15-25-53(26-16-47)72-41-7-9-43-74-61(68)63(45-49-11-21-51(64)22-12-49,46-50-13-23-52(65)24-14-50)62(69)75-44-10-8-42-73-54-27-17-48(18-28-54)20-38-60(67)77-58-35-31-56(32-36-58)71-40-6-4-2/h11-38H,3-10,39-46,64-65H2,1-2H3/b37-19+,38-20+. The van der Waals surface area contributed by atoms with Crippen LogP contribution in [0.4, 0.5) is 11.4 Å². The molecule has 0 radical (unpaired) electrons. The third-order valence-electron chi connectivity index (χ3n) is 12.0. The maximum Gasteiger partial charge on any atom is 0.336 e. The van der Waals surface area contributed by atoms with Crippen molar-refractivity contribution in [1.82, 2.24) is 0 Å². The molecule has 0 aromatic heterocycles. The summed E-state index contributed by atoms with van der Waals surface area (Å²) >= 11 is 0. The zero-order valence-electron chi connectivity index (χ0n) is 44.0. The average molecular weight is 1050 g/mol. The monoisotopic (exact) mass is 1050 g/mol. The number of unbranched alkanes of at least 4 members (excludes halogenated alkanes) is 4. The van der Waals surface area contributed by atoms with Crippen molar-refractivity contribution in [2.75, 3.05) is 51.1 Å². The van der Waals surface area contributed by atoms with E-state index in [0.717, 1.165) is 48.3 Å². The van der Waals surface area contributed by atoms with Crippen LogP contribution in [-0.4, -0.2) is 63.5 Å². The number of ether oxygens (including phenoxy) is 8. The van der Waals surface area contributed by atoms with Crippen LogP contribution in [-0.2, 0) is 41.5 Å². The zero-order valence-corrected chi connectivity index (χ0v) is 44.0. The first kappa shape index (κ1) is 57.8. The molecule has 4 N–H and O–H groups in total. The number of rotatable bonds is 32. The summed E-state index contributed by atoms with van der Waals surface area (Å²) in [5.41, 5.74) is 14.3. The summed E-state index contributed by atoms with van der Waals surface area (Å²) in [5, 5.41) is 0. The fraction of sp³-hybridized carbons (Fsp3) is 0.302. The van der Waals surface area contributed by atoms with E-state index in [0.29, 0.717) is 97.6 Å². The fourth-order valence-electron chi connectivity index (χ4n) is 7.65. The number of carbonyl (C=O) groups is 4. The summed E-state index contributed by atoms with van der Waals surface area (Å²) in [6.45, 7) is 6.27. The van der Waals surface area contributed by atoms with Gasteiger partial charge >= 0.3 is 23.9 Å². The molecule has 0 spiro atoms. The molecule has 14 heteroatoms. The highest BCUT2D eigenvalue weighted by Gasteiger charge is 2.49. The van der Waals surface area contributed by atoms with Gasteiger partial charge in [-0.2, -0.15) is 0 Å². The van der Waals surface area contributed by atoms with Gasteiger partial charge in [0.25, 0.3) is 0 Å². The molecule has 0 aliphatic carbocycles. The van der Waals surface area contributed by atoms with Gasteiger partial charge in [-0.3, -0.25) is 9.59 Å². The van der Waals surface area contributed by atoms with Crippen LogP contribution in [0, 0.1) is 5.41 Å². The Morgan fingerprint density at radius 3 is 1.03 bits per heavy atom. The summed E-state index contributed by atoms with van der Waals surface area (Å²) < 4.78 is 45.9. The number of nitrogens with two attached hydrogens (primary N) is 2. The van der Waals surface area contributed by atoms with Crippen LogP contribution < -0.4 is 39.9 Å². The molecule has 6 aromatic rings. The summed E-state index contributed by atoms with van der Waals surface area (Å²) in [5.74, 6) is 1.15. The Morgan fingerprint density at radius 1 is 0.390 bits per heavy atom. The minimum Gasteiger partial charge on any atom is -0.494 e. The van der Waals surface area contributed by atoms with E-state index in [1.807, 2.05) is 24.3 Å². The molecule has 0 aliphatic rings. The third-order valence-corrected chi connectivity index (χ3v) is 12.0. The second kappa shape index (κ2) is 31.4. The van der Waals surface area contributed by atoms with Crippen molar-refractivity contribution in [2.24, 2.45) is 5.41 Å². The summed E-state index contributed by atoms with van der Waals surface area (Å²) in [6, 6.07) is 42.4. The number of esters is 4. The number of benzene rings is 6. The quantitative estimate of drug-likeness (QED) is 0.0101. The molecular formula is C63H70N2O12. The minimum atomic E-state index is -1.73. The minimum absolute atomic E-state index is 0.00599. The van der Waals surface area contributed by atoms with Crippen LogP contribution in [0.2, 0.25) is 0 Å². The highest BCUT2D eigenvalue weighted by molar-refractivity contribution is 6.01. The Hall–Kier alpha value is -8.52. The molecule has 77 heavy (non-hydrogen) atoms. The Labute approximate surface area is 451 Å². The van der Waals surface area contributed by atoms with Gasteiger partial charge in [0, 0.05) is 23.5 Å². The molecule has 6 rings (SSSR count). The van der Waals surface area contributed by atoms with E-state index >= 15 is 0 Å². The van der Waals surface area contributed by atoms with Crippen molar-refractivity contribution in [3.63, 3.8) is 0 Å². The van der Waals surface area contributed by atoms with Crippen LogP contribution in [0.5, 0.6) is 34.5 Å². The van der Waals surface area contributed by atoms with Gasteiger partial charge in [0.15, 0.2) is 5.41 Å². The Bertz CT molecular complexity index is 2600. The van der Waals surface area contributed by atoms with Gasteiger partial charge in [0.05, 0.1) is 39.6 Å². The SMILES string of the molecule is CCCCOc1ccc(OC(=O)/C=C/c2ccc(OCCCCOC(=O)C(Cc3ccc(N)cc3)(Cc3ccc(N)cc3)C(=O)OCCCCOc3ccc(/C=C/C(=O)Oc4ccc(OCCCC)cc4)cc3)cc2)cc1. The first-order chi connectivity index (χ1) is 37.5. The largest absolute Gasteiger partial charge is 0.494 e. The lowest BCUT2D eigenvalue weighted by Crippen LogP contribution is -2.46. The van der Waals surface area contributed by atoms with Crippen molar-refractivity contribution < 1.29 is 57.1 Å². The zero-order chi connectivity index (χ0) is 54.5. The molecule has 0 heterocycles. The number of hydrogen-bond donors (Lipinski definition) is 2.